The molecule has 0 aliphatic rings. The van der Waals surface area contributed by atoms with E-state index in [0.29, 0.717) is 0 Å². The van der Waals surface area contributed by atoms with E-state index >= 15 is 0 Å². The van der Waals surface area contributed by atoms with Crippen LogP contribution < -0.4 is 0 Å². The minimum Gasteiger partial charge on any atom is -0.288 e. The number of nitrogens with zero attached hydrogens (tertiary/aromatic N) is 5. The Hall–Kier alpha value is -2.83. The van der Waals surface area contributed by atoms with Crippen LogP contribution in [0.25, 0.3) is 5.69 Å². The second-order valence-corrected chi connectivity index (χ2v) is 8.01. The molecule has 6 heteroatoms. The maximum Gasteiger partial charge on any atom is 0.178 e. The highest BCUT2D eigenvalue weighted by Crippen LogP contribution is 2.29. The standard InChI is InChI=1S/C23H22BrN5/c1-17-9-6-7-14-21(17)29-23(25-26-27-29)22(19-11-4-3-5-12-19)28(2)16-18-10-8-13-20(24)15-18/h3-15,22H,16H2,1-2H3/t22-/m0/s1. The van der Waals surface area contributed by atoms with Crippen molar-refractivity contribution in [2.45, 2.75) is 19.5 Å². The van der Waals surface area contributed by atoms with Crippen LogP contribution in [0.4, 0.5) is 0 Å². The number of hydrogen-bond donors (Lipinski definition) is 0. The molecule has 146 valence electrons. The van der Waals surface area contributed by atoms with Crippen LogP contribution >= 0.6 is 15.9 Å². The van der Waals surface area contributed by atoms with Crippen molar-refractivity contribution < 1.29 is 0 Å². The third-order valence-corrected chi connectivity index (χ3v) is 5.45. The smallest absolute Gasteiger partial charge is 0.178 e. The molecule has 0 amide bonds. The molecule has 0 saturated heterocycles. The summed E-state index contributed by atoms with van der Waals surface area (Å²) in [5, 5.41) is 12.8. The van der Waals surface area contributed by atoms with E-state index in [4.69, 9.17) is 0 Å². The van der Waals surface area contributed by atoms with Gasteiger partial charge in [-0.25, -0.2) is 0 Å². The normalized spacial score (nSPS) is 12.3. The molecule has 1 atom stereocenters. The number of tetrazole rings is 1. The summed E-state index contributed by atoms with van der Waals surface area (Å²) in [5.74, 6) is 0.794. The van der Waals surface area contributed by atoms with E-state index in [1.165, 1.54) is 5.56 Å². The summed E-state index contributed by atoms with van der Waals surface area (Å²) in [4.78, 5) is 2.28. The molecule has 0 aliphatic heterocycles. The number of halogens is 1. The van der Waals surface area contributed by atoms with Gasteiger partial charge in [-0.2, -0.15) is 4.68 Å². The third kappa shape index (κ3) is 4.28. The SMILES string of the molecule is Cc1ccccc1-n1nnnc1[C@H](c1ccccc1)N(C)Cc1cccc(Br)c1. The fourth-order valence-electron chi connectivity index (χ4n) is 3.59. The van der Waals surface area contributed by atoms with E-state index < -0.39 is 0 Å². The number of rotatable bonds is 6. The Balaban J connectivity index is 1.77. The first-order chi connectivity index (χ1) is 14.1. The highest BCUT2D eigenvalue weighted by molar-refractivity contribution is 9.10. The van der Waals surface area contributed by atoms with Crippen molar-refractivity contribution >= 4 is 15.9 Å². The van der Waals surface area contributed by atoms with Gasteiger partial charge in [0.15, 0.2) is 5.82 Å². The summed E-state index contributed by atoms with van der Waals surface area (Å²) in [6.07, 6.45) is 0. The fraction of sp³-hybridized carbons (Fsp3) is 0.174. The van der Waals surface area contributed by atoms with Gasteiger partial charge in [-0.1, -0.05) is 76.6 Å². The molecule has 0 unspecified atom stereocenters. The summed E-state index contributed by atoms with van der Waals surface area (Å²) in [6.45, 7) is 2.84. The molecular weight excluding hydrogens is 426 g/mol. The van der Waals surface area contributed by atoms with Crippen LogP contribution in [0.3, 0.4) is 0 Å². The minimum absolute atomic E-state index is 0.0928. The average Bonchev–Trinajstić information content (AvgIpc) is 3.18. The van der Waals surface area contributed by atoms with Crippen molar-refractivity contribution in [3.63, 3.8) is 0 Å². The van der Waals surface area contributed by atoms with Crippen LogP contribution in [0, 0.1) is 6.92 Å². The highest BCUT2D eigenvalue weighted by Gasteiger charge is 2.26. The van der Waals surface area contributed by atoms with Gasteiger partial charge in [-0.3, -0.25) is 4.90 Å². The van der Waals surface area contributed by atoms with Gasteiger partial charge in [0.1, 0.15) is 0 Å². The summed E-state index contributed by atoms with van der Waals surface area (Å²) in [6, 6.07) is 26.8. The van der Waals surface area contributed by atoms with Crippen molar-refractivity contribution in [1.29, 1.82) is 0 Å². The summed E-state index contributed by atoms with van der Waals surface area (Å²) < 4.78 is 2.93. The van der Waals surface area contributed by atoms with Gasteiger partial charge in [-0.05, 0) is 59.3 Å². The third-order valence-electron chi connectivity index (χ3n) is 4.96. The molecule has 0 bridgehead atoms. The predicted molar refractivity (Wildman–Crippen MR) is 118 cm³/mol. The Kier molecular flexibility index (Phi) is 5.83. The highest BCUT2D eigenvalue weighted by atomic mass is 79.9. The summed E-state index contributed by atoms with van der Waals surface area (Å²) in [7, 11) is 2.11. The van der Waals surface area contributed by atoms with Crippen LogP contribution in [0.5, 0.6) is 0 Å². The lowest BCUT2D eigenvalue weighted by Gasteiger charge is -2.28. The fourth-order valence-corrected chi connectivity index (χ4v) is 4.03. The van der Waals surface area contributed by atoms with Crippen LogP contribution in [-0.4, -0.2) is 32.2 Å². The van der Waals surface area contributed by atoms with Gasteiger partial charge in [0.25, 0.3) is 0 Å². The number of benzene rings is 3. The topological polar surface area (TPSA) is 46.8 Å². The summed E-state index contributed by atoms with van der Waals surface area (Å²) in [5.41, 5.74) is 4.49. The van der Waals surface area contributed by atoms with Gasteiger partial charge in [-0.15, -0.1) is 5.10 Å². The van der Waals surface area contributed by atoms with E-state index in [0.717, 1.165) is 33.7 Å². The van der Waals surface area contributed by atoms with Gasteiger partial charge in [0.05, 0.1) is 11.7 Å². The van der Waals surface area contributed by atoms with Crippen molar-refractivity contribution in [3.05, 3.63) is 106 Å². The molecule has 4 rings (SSSR count). The molecule has 1 heterocycles. The van der Waals surface area contributed by atoms with E-state index in [1.54, 1.807) is 0 Å². The van der Waals surface area contributed by atoms with Crippen LogP contribution in [0.2, 0.25) is 0 Å². The minimum atomic E-state index is -0.0928. The first kappa shape index (κ1) is 19.5. The lowest BCUT2D eigenvalue weighted by molar-refractivity contribution is 0.258. The molecule has 4 aromatic rings. The molecule has 0 N–H and O–H groups in total. The molecule has 29 heavy (non-hydrogen) atoms. The van der Waals surface area contributed by atoms with Crippen molar-refractivity contribution in [1.82, 2.24) is 25.1 Å². The number of aromatic nitrogens is 4. The van der Waals surface area contributed by atoms with Crippen LogP contribution in [0.1, 0.15) is 28.6 Å². The van der Waals surface area contributed by atoms with E-state index in [9.17, 15) is 0 Å². The maximum atomic E-state index is 4.44. The Morgan fingerprint density at radius 3 is 2.48 bits per heavy atom. The first-order valence-electron chi connectivity index (χ1n) is 9.47. The number of para-hydroxylation sites is 1. The Morgan fingerprint density at radius 1 is 0.966 bits per heavy atom. The molecule has 0 spiro atoms. The zero-order valence-corrected chi connectivity index (χ0v) is 18.0. The molecule has 3 aromatic carbocycles. The lowest BCUT2D eigenvalue weighted by Crippen LogP contribution is -2.28. The Bertz CT molecular complexity index is 1090. The van der Waals surface area contributed by atoms with E-state index in [-0.39, 0.29) is 6.04 Å². The molecular formula is C23H22BrN5. The second kappa shape index (κ2) is 8.68. The van der Waals surface area contributed by atoms with Crippen LogP contribution in [0.15, 0.2) is 83.3 Å². The summed E-state index contributed by atoms with van der Waals surface area (Å²) >= 11 is 3.57. The van der Waals surface area contributed by atoms with E-state index in [2.05, 4.69) is 98.9 Å². The molecule has 0 saturated carbocycles. The largest absolute Gasteiger partial charge is 0.288 e. The first-order valence-corrected chi connectivity index (χ1v) is 10.3. The van der Waals surface area contributed by atoms with Gasteiger partial charge in [0, 0.05) is 11.0 Å². The van der Waals surface area contributed by atoms with Crippen molar-refractivity contribution in [3.8, 4) is 5.69 Å². The Labute approximate surface area is 179 Å². The van der Waals surface area contributed by atoms with Gasteiger partial charge in [0.2, 0.25) is 0 Å². The van der Waals surface area contributed by atoms with Crippen molar-refractivity contribution in [2.75, 3.05) is 7.05 Å². The molecule has 0 fully saturated rings. The zero-order valence-electron chi connectivity index (χ0n) is 16.4. The predicted octanol–water partition coefficient (Wildman–Crippen LogP) is 4.95. The van der Waals surface area contributed by atoms with Gasteiger partial charge < -0.3 is 0 Å². The van der Waals surface area contributed by atoms with E-state index in [1.807, 2.05) is 35.0 Å². The second-order valence-electron chi connectivity index (χ2n) is 7.09. The van der Waals surface area contributed by atoms with Crippen molar-refractivity contribution in [2.24, 2.45) is 0 Å². The molecule has 1 aromatic heterocycles. The van der Waals surface area contributed by atoms with Gasteiger partial charge >= 0.3 is 0 Å². The quantitative estimate of drug-likeness (QED) is 0.419. The molecule has 0 radical (unpaired) electrons. The lowest BCUT2D eigenvalue weighted by atomic mass is 10.0. The average molecular weight is 448 g/mol. The Morgan fingerprint density at radius 2 is 1.72 bits per heavy atom. The molecule has 5 nitrogen and oxygen atoms in total. The molecule has 0 aliphatic carbocycles. The van der Waals surface area contributed by atoms with Crippen LogP contribution in [-0.2, 0) is 6.54 Å². The zero-order chi connectivity index (χ0) is 20.2. The number of aryl methyl sites for hydroxylation is 1. The monoisotopic (exact) mass is 447 g/mol. The number of hydrogen-bond acceptors (Lipinski definition) is 4. The maximum absolute atomic E-state index is 4.44.